The van der Waals surface area contributed by atoms with Crippen LogP contribution in [0.4, 0.5) is 0 Å². The average molecular weight is 367 g/mol. The molecule has 9 nitrogen and oxygen atoms in total. The molecular formula is C12H21N3O6S2. The highest BCUT2D eigenvalue weighted by Gasteiger charge is 2.22. The molecule has 0 aromatic carbocycles. The fraction of sp³-hybridized carbons (Fsp3) is 0.667. The third-order valence-corrected chi connectivity index (χ3v) is 4.73. The zero-order chi connectivity index (χ0) is 17.8. The molecule has 0 heterocycles. The molecule has 0 aromatic heterocycles. The molecule has 132 valence electrons. The number of amides is 2. The van der Waals surface area contributed by atoms with Crippen molar-refractivity contribution in [3.05, 3.63) is 0 Å². The first-order chi connectivity index (χ1) is 10.8. The number of hydrogen-bond donors (Lipinski definition) is 5. The van der Waals surface area contributed by atoms with Crippen molar-refractivity contribution in [3.8, 4) is 0 Å². The number of carboxylic acid groups (broad SMARTS) is 2. The lowest BCUT2D eigenvalue weighted by Crippen LogP contribution is -2.49. The van der Waals surface area contributed by atoms with Crippen molar-refractivity contribution >= 4 is 47.3 Å². The van der Waals surface area contributed by atoms with Crippen LogP contribution in [0.3, 0.4) is 0 Å². The van der Waals surface area contributed by atoms with E-state index in [0.29, 0.717) is 5.08 Å². The molecular weight excluding hydrogens is 346 g/mol. The number of hydrogen-bond acceptors (Lipinski definition) is 7. The molecule has 6 N–H and O–H groups in total. The van der Waals surface area contributed by atoms with E-state index in [2.05, 4.69) is 10.6 Å². The molecule has 0 aliphatic carbocycles. The van der Waals surface area contributed by atoms with Crippen LogP contribution in [-0.4, -0.2) is 69.7 Å². The van der Waals surface area contributed by atoms with Crippen LogP contribution in [0.25, 0.3) is 0 Å². The predicted octanol–water partition coefficient (Wildman–Crippen LogP) is -1.08. The maximum absolute atomic E-state index is 11.9. The molecule has 0 radical (unpaired) electrons. The van der Waals surface area contributed by atoms with Gasteiger partial charge in [0.2, 0.25) is 11.8 Å². The first kappa shape index (κ1) is 21.5. The third-order valence-electron chi connectivity index (χ3n) is 2.55. The van der Waals surface area contributed by atoms with Gasteiger partial charge in [0, 0.05) is 17.3 Å². The highest BCUT2D eigenvalue weighted by Crippen LogP contribution is 2.10. The van der Waals surface area contributed by atoms with Crippen molar-refractivity contribution < 1.29 is 29.4 Å². The van der Waals surface area contributed by atoms with E-state index in [4.69, 9.17) is 15.9 Å². The minimum absolute atomic E-state index is 0.0530. The van der Waals surface area contributed by atoms with Crippen molar-refractivity contribution in [2.75, 3.05) is 23.6 Å². The summed E-state index contributed by atoms with van der Waals surface area (Å²) in [4.78, 5) is 44.7. The number of carbonyl (C=O) groups is 4. The Balaban J connectivity index is 4.48. The normalized spacial score (nSPS) is 13.0. The summed E-state index contributed by atoms with van der Waals surface area (Å²) < 4.78 is 0. The van der Waals surface area contributed by atoms with Crippen molar-refractivity contribution in [2.24, 2.45) is 5.73 Å². The fourth-order valence-electron chi connectivity index (χ4n) is 1.39. The van der Waals surface area contributed by atoms with Crippen LogP contribution in [0.1, 0.15) is 12.8 Å². The van der Waals surface area contributed by atoms with E-state index < -0.39 is 42.4 Å². The van der Waals surface area contributed by atoms with Crippen molar-refractivity contribution in [3.63, 3.8) is 0 Å². The first-order valence-corrected chi connectivity index (χ1v) is 9.16. The van der Waals surface area contributed by atoms with Gasteiger partial charge in [-0.15, -0.1) is 11.8 Å². The van der Waals surface area contributed by atoms with Crippen LogP contribution >= 0.6 is 23.5 Å². The van der Waals surface area contributed by atoms with Gasteiger partial charge in [0.25, 0.3) is 0 Å². The van der Waals surface area contributed by atoms with E-state index in [1.807, 2.05) is 6.26 Å². The van der Waals surface area contributed by atoms with Gasteiger partial charge in [-0.05, 0) is 12.7 Å². The van der Waals surface area contributed by atoms with Gasteiger partial charge in [0.05, 0.1) is 0 Å². The molecule has 0 saturated heterocycles. The summed E-state index contributed by atoms with van der Waals surface area (Å²) in [6.45, 7) is -0.539. The maximum Gasteiger partial charge on any atom is 0.322 e. The number of rotatable bonds is 12. The highest BCUT2D eigenvalue weighted by atomic mass is 32.2. The monoisotopic (exact) mass is 367 g/mol. The Labute approximate surface area is 142 Å². The Morgan fingerprint density at radius 3 is 2.39 bits per heavy atom. The Morgan fingerprint density at radius 1 is 1.22 bits per heavy atom. The van der Waals surface area contributed by atoms with Gasteiger partial charge in [0.1, 0.15) is 18.6 Å². The molecule has 0 bridgehead atoms. The van der Waals surface area contributed by atoms with E-state index in [1.165, 1.54) is 11.8 Å². The molecule has 0 fully saturated rings. The summed E-state index contributed by atoms with van der Waals surface area (Å²) in [6.07, 6.45) is 1.70. The van der Waals surface area contributed by atoms with E-state index in [1.54, 1.807) is 11.8 Å². The van der Waals surface area contributed by atoms with Gasteiger partial charge in [-0.3, -0.25) is 19.2 Å². The third kappa shape index (κ3) is 10.8. The van der Waals surface area contributed by atoms with Crippen LogP contribution in [0.15, 0.2) is 0 Å². The first-order valence-electron chi connectivity index (χ1n) is 6.61. The van der Waals surface area contributed by atoms with Crippen molar-refractivity contribution in [1.82, 2.24) is 10.6 Å². The number of carboxylic acids is 2. The summed E-state index contributed by atoms with van der Waals surface area (Å²) in [7, 11) is 0. The maximum atomic E-state index is 11.9. The number of nitrogens with one attached hydrogen (secondary N) is 2. The number of thioether (sulfide) groups is 2. The van der Waals surface area contributed by atoms with Crippen molar-refractivity contribution in [1.29, 1.82) is 0 Å². The van der Waals surface area contributed by atoms with Crippen LogP contribution in [0, 0.1) is 0 Å². The molecule has 0 aliphatic heterocycles. The van der Waals surface area contributed by atoms with Crippen molar-refractivity contribution in [2.45, 2.75) is 24.9 Å². The van der Waals surface area contributed by atoms with Gasteiger partial charge in [-0.1, -0.05) is 0 Å². The number of carbonyl (C=O) groups excluding carboxylic acids is 2. The summed E-state index contributed by atoms with van der Waals surface area (Å²) in [5.41, 5.74) is 5.30. The molecule has 0 rings (SSSR count). The Morgan fingerprint density at radius 2 is 1.87 bits per heavy atom. The van der Waals surface area contributed by atoms with E-state index in [0.717, 1.165) is 0 Å². The Hall–Kier alpha value is -1.46. The molecule has 2 amide bonds. The lowest BCUT2D eigenvalue weighted by molar-refractivity contribution is -0.139. The molecule has 0 spiro atoms. The lowest BCUT2D eigenvalue weighted by Gasteiger charge is -2.18. The Bertz CT molecular complexity index is 435. The van der Waals surface area contributed by atoms with Crippen LogP contribution < -0.4 is 16.4 Å². The molecule has 0 aromatic rings. The van der Waals surface area contributed by atoms with E-state index in [-0.39, 0.29) is 18.6 Å². The molecule has 2 unspecified atom stereocenters. The zero-order valence-electron chi connectivity index (χ0n) is 12.6. The fourth-order valence-corrected chi connectivity index (χ4v) is 2.92. The number of aliphatic carboxylic acids is 2. The van der Waals surface area contributed by atoms with Gasteiger partial charge in [-0.2, -0.15) is 11.8 Å². The van der Waals surface area contributed by atoms with Crippen LogP contribution in [0.5, 0.6) is 0 Å². The summed E-state index contributed by atoms with van der Waals surface area (Å²) >= 11 is 2.97. The van der Waals surface area contributed by atoms with Gasteiger partial charge in [-0.25, -0.2) is 0 Å². The molecule has 0 aliphatic rings. The standard InChI is InChI=1S/C12H21N3O6S2/c1-22-6-23-5-8(11(19)14-4-10(17)18)15-9(16)3-2-7(13)12(20)21/h7-8H,2-6,13H2,1H3,(H,14,19)(H,15,16)(H,17,18)(H,20,21). The van der Waals surface area contributed by atoms with E-state index in [9.17, 15) is 19.2 Å². The van der Waals surface area contributed by atoms with Gasteiger partial charge >= 0.3 is 11.9 Å². The largest absolute Gasteiger partial charge is 0.480 e. The molecule has 2 atom stereocenters. The summed E-state index contributed by atoms with van der Waals surface area (Å²) in [6, 6.07) is -2.04. The highest BCUT2D eigenvalue weighted by molar-refractivity contribution is 8.15. The second-order valence-electron chi connectivity index (χ2n) is 4.49. The predicted molar refractivity (Wildman–Crippen MR) is 88.3 cm³/mol. The van der Waals surface area contributed by atoms with Gasteiger partial charge in [0.15, 0.2) is 0 Å². The van der Waals surface area contributed by atoms with Gasteiger partial charge < -0.3 is 26.6 Å². The molecule has 11 heteroatoms. The van der Waals surface area contributed by atoms with Crippen LogP contribution in [-0.2, 0) is 19.2 Å². The second-order valence-corrected chi connectivity index (χ2v) is 6.75. The summed E-state index contributed by atoms with van der Waals surface area (Å²) in [5, 5.41) is 22.6. The van der Waals surface area contributed by atoms with E-state index >= 15 is 0 Å². The summed E-state index contributed by atoms with van der Waals surface area (Å²) in [5.74, 6) is -3.22. The molecule has 0 saturated carbocycles. The topological polar surface area (TPSA) is 159 Å². The minimum Gasteiger partial charge on any atom is -0.480 e. The zero-order valence-corrected chi connectivity index (χ0v) is 14.2. The number of nitrogens with two attached hydrogens (primary N) is 1. The lowest BCUT2D eigenvalue weighted by atomic mass is 10.1. The SMILES string of the molecule is CSCSCC(NC(=O)CCC(N)C(=O)O)C(=O)NCC(=O)O. The average Bonchev–Trinajstić information content (AvgIpc) is 2.49. The second kappa shape index (κ2) is 12.0. The minimum atomic E-state index is -1.20. The quantitative estimate of drug-likeness (QED) is 0.213. The Kier molecular flexibility index (Phi) is 11.3. The smallest absolute Gasteiger partial charge is 0.322 e. The molecule has 23 heavy (non-hydrogen) atoms. The van der Waals surface area contributed by atoms with Crippen LogP contribution in [0.2, 0.25) is 0 Å².